The maximum atomic E-state index is 9.67. The van der Waals surface area contributed by atoms with Gasteiger partial charge in [0.2, 0.25) is 0 Å². The Bertz CT molecular complexity index is 358. The van der Waals surface area contributed by atoms with E-state index < -0.39 is 0 Å². The van der Waals surface area contributed by atoms with Gasteiger partial charge in [-0.3, -0.25) is 0 Å². The molecule has 106 valence electrons. The van der Waals surface area contributed by atoms with Gasteiger partial charge >= 0.3 is 0 Å². The van der Waals surface area contributed by atoms with Crippen molar-refractivity contribution >= 4 is 0 Å². The Morgan fingerprint density at radius 1 is 1.32 bits per heavy atom. The zero-order chi connectivity index (χ0) is 13.6. The molecule has 1 unspecified atom stereocenters. The minimum atomic E-state index is -0.110. The summed E-state index contributed by atoms with van der Waals surface area (Å²) in [6.07, 6.45) is 5.39. The fourth-order valence-electron chi connectivity index (χ4n) is 2.37. The summed E-state index contributed by atoms with van der Waals surface area (Å²) in [7, 11) is 0. The maximum absolute atomic E-state index is 9.67. The Kier molecular flexibility index (Phi) is 5.23. The molecule has 1 fully saturated rings. The van der Waals surface area contributed by atoms with Crippen LogP contribution in [0.1, 0.15) is 39.0 Å². The molecule has 0 amide bonds. The average Bonchev–Trinajstić information content (AvgIpc) is 3.27. The number of aliphatic hydroxyl groups is 1. The molecule has 0 radical (unpaired) electrons. The largest absolute Gasteiger partial charge is 0.494 e. The molecule has 0 heterocycles. The molecule has 3 heteroatoms. The molecule has 0 aromatic heterocycles. The summed E-state index contributed by atoms with van der Waals surface area (Å²) >= 11 is 0. The van der Waals surface area contributed by atoms with Gasteiger partial charge in [0.25, 0.3) is 0 Å². The molecule has 19 heavy (non-hydrogen) atoms. The van der Waals surface area contributed by atoms with E-state index in [1.807, 2.05) is 30.3 Å². The van der Waals surface area contributed by atoms with E-state index in [0.29, 0.717) is 12.6 Å². The lowest BCUT2D eigenvalue weighted by Gasteiger charge is -2.32. The summed E-state index contributed by atoms with van der Waals surface area (Å²) in [6.45, 7) is 3.06. The lowest BCUT2D eigenvalue weighted by atomic mass is 9.91. The first-order valence-corrected chi connectivity index (χ1v) is 7.34. The van der Waals surface area contributed by atoms with Crippen LogP contribution in [0.2, 0.25) is 0 Å². The van der Waals surface area contributed by atoms with Crippen molar-refractivity contribution in [3.63, 3.8) is 0 Å². The minimum absolute atomic E-state index is 0.110. The van der Waals surface area contributed by atoms with Gasteiger partial charge in [0.1, 0.15) is 5.75 Å². The second kappa shape index (κ2) is 6.92. The van der Waals surface area contributed by atoms with Gasteiger partial charge in [-0.2, -0.15) is 0 Å². The highest BCUT2D eigenvalue weighted by Gasteiger charge is 2.33. The van der Waals surface area contributed by atoms with E-state index >= 15 is 0 Å². The van der Waals surface area contributed by atoms with Gasteiger partial charge < -0.3 is 15.2 Å². The van der Waals surface area contributed by atoms with E-state index in [-0.39, 0.29) is 12.1 Å². The monoisotopic (exact) mass is 263 g/mol. The third-order valence-corrected chi connectivity index (χ3v) is 3.88. The van der Waals surface area contributed by atoms with Gasteiger partial charge in [-0.25, -0.2) is 0 Å². The first-order chi connectivity index (χ1) is 9.28. The smallest absolute Gasteiger partial charge is 0.119 e. The maximum Gasteiger partial charge on any atom is 0.119 e. The van der Waals surface area contributed by atoms with Crippen molar-refractivity contribution in [2.24, 2.45) is 0 Å². The summed E-state index contributed by atoms with van der Waals surface area (Å²) in [5.41, 5.74) is -0.110. The molecule has 1 aromatic rings. The van der Waals surface area contributed by atoms with Crippen molar-refractivity contribution in [2.75, 3.05) is 13.2 Å². The fourth-order valence-corrected chi connectivity index (χ4v) is 2.37. The summed E-state index contributed by atoms with van der Waals surface area (Å²) in [4.78, 5) is 0. The van der Waals surface area contributed by atoms with Crippen LogP contribution in [0, 0.1) is 0 Å². The molecule has 0 bridgehead atoms. The molecule has 0 spiro atoms. The highest BCUT2D eigenvalue weighted by molar-refractivity contribution is 5.20. The number of para-hydroxylation sites is 1. The van der Waals surface area contributed by atoms with E-state index in [2.05, 4.69) is 12.2 Å². The topological polar surface area (TPSA) is 41.5 Å². The predicted molar refractivity (Wildman–Crippen MR) is 77.4 cm³/mol. The highest BCUT2D eigenvalue weighted by Crippen LogP contribution is 2.26. The van der Waals surface area contributed by atoms with Crippen molar-refractivity contribution < 1.29 is 9.84 Å². The van der Waals surface area contributed by atoms with Crippen LogP contribution < -0.4 is 10.1 Å². The second-order valence-corrected chi connectivity index (χ2v) is 5.48. The fraction of sp³-hybridized carbons (Fsp3) is 0.625. The van der Waals surface area contributed by atoms with E-state index in [0.717, 1.165) is 25.0 Å². The Hall–Kier alpha value is -1.06. The van der Waals surface area contributed by atoms with Crippen LogP contribution in [0.5, 0.6) is 5.75 Å². The third-order valence-electron chi connectivity index (χ3n) is 3.88. The molecule has 2 rings (SSSR count). The quantitative estimate of drug-likeness (QED) is 0.673. The van der Waals surface area contributed by atoms with Gasteiger partial charge in [0.05, 0.1) is 13.2 Å². The SMILES string of the molecule is CCC(CO)(CCCOc1ccccc1)NC1CC1. The normalized spacial score (nSPS) is 18.0. The van der Waals surface area contributed by atoms with Gasteiger partial charge in [0.15, 0.2) is 0 Å². The first kappa shape index (κ1) is 14.4. The zero-order valence-corrected chi connectivity index (χ0v) is 11.8. The predicted octanol–water partition coefficient (Wildman–Crippen LogP) is 2.74. The number of aliphatic hydroxyl groups excluding tert-OH is 1. The lowest BCUT2D eigenvalue weighted by Crippen LogP contribution is -2.49. The summed E-state index contributed by atoms with van der Waals surface area (Å²) in [5.74, 6) is 0.920. The third kappa shape index (κ3) is 4.51. The lowest BCUT2D eigenvalue weighted by molar-refractivity contribution is 0.136. The first-order valence-electron chi connectivity index (χ1n) is 7.34. The van der Waals surface area contributed by atoms with Crippen molar-refractivity contribution in [1.29, 1.82) is 0 Å². The van der Waals surface area contributed by atoms with Gasteiger partial charge in [0, 0.05) is 11.6 Å². The van der Waals surface area contributed by atoms with Gasteiger partial charge in [-0.1, -0.05) is 25.1 Å². The summed E-state index contributed by atoms with van der Waals surface area (Å²) in [6, 6.07) is 10.5. The second-order valence-electron chi connectivity index (χ2n) is 5.48. The number of benzene rings is 1. The van der Waals surface area contributed by atoms with Gasteiger partial charge in [-0.05, 0) is 44.2 Å². The average molecular weight is 263 g/mol. The molecule has 3 nitrogen and oxygen atoms in total. The van der Waals surface area contributed by atoms with Crippen LogP contribution >= 0.6 is 0 Å². The molecule has 1 aromatic carbocycles. The zero-order valence-electron chi connectivity index (χ0n) is 11.8. The standard InChI is InChI=1S/C16H25NO2/c1-2-16(13-18,17-14-9-10-14)11-6-12-19-15-7-4-3-5-8-15/h3-5,7-8,14,17-18H,2,6,9-13H2,1H3. The Morgan fingerprint density at radius 2 is 2.05 bits per heavy atom. The molecule has 2 N–H and O–H groups in total. The number of rotatable bonds is 9. The molecular formula is C16H25NO2. The minimum Gasteiger partial charge on any atom is -0.494 e. The number of nitrogens with one attached hydrogen (secondary N) is 1. The van der Waals surface area contributed by atoms with Crippen molar-refractivity contribution in [3.8, 4) is 5.75 Å². The number of ether oxygens (including phenoxy) is 1. The van der Waals surface area contributed by atoms with Crippen LogP contribution in [0.15, 0.2) is 30.3 Å². The molecule has 0 aliphatic heterocycles. The van der Waals surface area contributed by atoms with Crippen molar-refractivity contribution in [1.82, 2.24) is 5.32 Å². The van der Waals surface area contributed by atoms with Crippen LogP contribution in [0.25, 0.3) is 0 Å². The van der Waals surface area contributed by atoms with Crippen LogP contribution in [0.3, 0.4) is 0 Å². The van der Waals surface area contributed by atoms with Crippen molar-refractivity contribution in [2.45, 2.75) is 50.6 Å². The van der Waals surface area contributed by atoms with Crippen LogP contribution in [-0.4, -0.2) is 29.9 Å². The molecule has 1 atom stereocenters. The van der Waals surface area contributed by atoms with Gasteiger partial charge in [-0.15, -0.1) is 0 Å². The van der Waals surface area contributed by atoms with Crippen LogP contribution in [-0.2, 0) is 0 Å². The van der Waals surface area contributed by atoms with Crippen molar-refractivity contribution in [3.05, 3.63) is 30.3 Å². The van der Waals surface area contributed by atoms with Crippen LogP contribution in [0.4, 0.5) is 0 Å². The van der Waals surface area contributed by atoms with E-state index in [4.69, 9.17) is 4.74 Å². The Balaban J connectivity index is 1.72. The van der Waals surface area contributed by atoms with E-state index in [9.17, 15) is 5.11 Å². The summed E-state index contributed by atoms with van der Waals surface area (Å²) in [5, 5.41) is 13.3. The molecule has 1 saturated carbocycles. The van der Waals surface area contributed by atoms with E-state index in [1.165, 1.54) is 12.8 Å². The molecule has 0 saturated heterocycles. The van der Waals surface area contributed by atoms with E-state index in [1.54, 1.807) is 0 Å². The Labute approximate surface area is 116 Å². The number of hydrogen-bond acceptors (Lipinski definition) is 3. The Morgan fingerprint density at radius 3 is 2.63 bits per heavy atom. The molecule has 1 aliphatic rings. The molecule has 1 aliphatic carbocycles. The highest BCUT2D eigenvalue weighted by atomic mass is 16.5. The summed E-state index contributed by atoms with van der Waals surface area (Å²) < 4.78 is 5.70. The number of hydrogen-bond donors (Lipinski definition) is 2. The molecular weight excluding hydrogens is 238 g/mol.